The highest BCUT2D eigenvalue weighted by atomic mass is 32.2. The van der Waals surface area contributed by atoms with Gasteiger partial charge in [0.05, 0.1) is 18.0 Å². The lowest BCUT2D eigenvalue weighted by atomic mass is 10.1. The molecule has 114 valence electrons. The third-order valence-electron chi connectivity index (χ3n) is 3.30. The number of nitrogens with zero attached hydrogens (tertiary/aromatic N) is 1. The number of hydrogen-bond donors (Lipinski definition) is 1. The lowest BCUT2D eigenvalue weighted by molar-refractivity contribution is 0.301. The molecule has 0 aliphatic carbocycles. The predicted molar refractivity (Wildman–Crippen MR) is 87.5 cm³/mol. The van der Waals surface area contributed by atoms with Crippen molar-refractivity contribution in [2.75, 3.05) is 36.3 Å². The Kier molecular flexibility index (Phi) is 6.99. The van der Waals surface area contributed by atoms with E-state index >= 15 is 0 Å². The SMILES string of the molecule is CCCOc1cc(N(C)C(CC)CSC)c(N)cc1F. The topological polar surface area (TPSA) is 38.5 Å². The van der Waals surface area contributed by atoms with Crippen molar-refractivity contribution in [1.82, 2.24) is 0 Å². The van der Waals surface area contributed by atoms with Crippen molar-refractivity contribution in [3.8, 4) is 5.75 Å². The minimum Gasteiger partial charge on any atom is -0.490 e. The van der Waals surface area contributed by atoms with Crippen molar-refractivity contribution in [2.45, 2.75) is 32.7 Å². The molecule has 0 aliphatic heterocycles. The zero-order valence-electron chi connectivity index (χ0n) is 12.8. The van der Waals surface area contributed by atoms with Gasteiger partial charge in [-0.3, -0.25) is 0 Å². The van der Waals surface area contributed by atoms with E-state index in [0.29, 0.717) is 18.3 Å². The predicted octanol–water partition coefficient (Wildman–Crippen LogP) is 3.77. The van der Waals surface area contributed by atoms with Crippen LogP contribution < -0.4 is 15.4 Å². The first-order chi connectivity index (χ1) is 9.54. The maximum atomic E-state index is 13.8. The van der Waals surface area contributed by atoms with E-state index in [1.807, 2.05) is 14.0 Å². The van der Waals surface area contributed by atoms with Gasteiger partial charge in [0.1, 0.15) is 0 Å². The van der Waals surface area contributed by atoms with Gasteiger partial charge in [-0.25, -0.2) is 4.39 Å². The zero-order valence-corrected chi connectivity index (χ0v) is 13.6. The molecule has 1 aromatic rings. The van der Waals surface area contributed by atoms with E-state index in [0.717, 1.165) is 24.3 Å². The number of ether oxygens (including phenoxy) is 1. The smallest absolute Gasteiger partial charge is 0.167 e. The molecule has 0 aliphatic rings. The Balaban J connectivity index is 3.03. The molecule has 0 heterocycles. The summed E-state index contributed by atoms with van der Waals surface area (Å²) in [6.07, 6.45) is 3.94. The molecule has 1 atom stereocenters. The third-order valence-corrected chi connectivity index (χ3v) is 4.02. The Labute approximate surface area is 125 Å². The Morgan fingerprint density at radius 1 is 1.40 bits per heavy atom. The molecule has 0 saturated carbocycles. The summed E-state index contributed by atoms with van der Waals surface area (Å²) in [7, 11) is 2.00. The molecule has 20 heavy (non-hydrogen) atoms. The first-order valence-electron chi connectivity index (χ1n) is 6.98. The van der Waals surface area contributed by atoms with Crippen molar-refractivity contribution in [2.24, 2.45) is 0 Å². The lowest BCUT2D eigenvalue weighted by Crippen LogP contribution is -2.33. The van der Waals surface area contributed by atoms with Crippen LogP contribution in [-0.2, 0) is 0 Å². The van der Waals surface area contributed by atoms with E-state index in [4.69, 9.17) is 10.5 Å². The van der Waals surface area contributed by atoms with Crippen molar-refractivity contribution in [3.63, 3.8) is 0 Å². The quantitative estimate of drug-likeness (QED) is 0.742. The largest absolute Gasteiger partial charge is 0.490 e. The number of thioether (sulfide) groups is 1. The van der Waals surface area contributed by atoms with Crippen LogP contribution in [0.15, 0.2) is 12.1 Å². The second-order valence-electron chi connectivity index (χ2n) is 4.82. The number of nitrogen functional groups attached to an aromatic ring is 1. The second-order valence-corrected chi connectivity index (χ2v) is 5.73. The first-order valence-corrected chi connectivity index (χ1v) is 8.38. The lowest BCUT2D eigenvalue weighted by Gasteiger charge is -2.30. The number of nitrogens with two attached hydrogens (primary N) is 1. The average Bonchev–Trinajstić information content (AvgIpc) is 2.43. The fourth-order valence-electron chi connectivity index (χ4n) is 2.08. The summed E-state index contributed by atoms with van der Waals surface area (Å²) in [5, 5.41) is 0. The van der Waals surface area contributed by atoms with Crippen LogP contribution in [-0.4, -0.2) is 31.7 Å². The molecule has 0 spiro atoms. The molecule has 0 aromatic heterocycles. The highest BCUT2D eigenvalue weighted by Crippen LogP contribution is 2.32. The van der Waals surface area contributed by atoms with Crippen LogP contribution in [0.2, 0.25) is 0 Å². The molecule has 0 fully saturated rings. The molecule has 2 N–H and O–H groups in total. The number of anilines is 2. The van der Waals surface area contributed by atoms with Crippen molar-refractivity contribution in [3.05, 3.63) is 17.9 Å². The minimum absolute atomic E-state index is 0.280. The number of benzene rings is 1. The van der Waals surface area contributed by atoms with Crippen LogP contribution in [0.5, 0.6) is 5.75 Å². The van der Waals surface area contributed by atoms with E-state index in [-0.39, 0.29) is 5.75 Å². The highest BCUT2D eigenvalue weighted by molar-refractivity contribution is 7.98. The standard InChI is InChI=1S/C15H25FN2OS/c1-5-7-19-15-9-14(13(17)8-12(15)16)18(3)11(6-2)10-20-4/h8-9,11H,5-7,10,17H2,1-4H3. The molecule has 0 bridgehead atoms. The molecular weight excluding hydrogens is 275 g/mol. The third kappa shape index (κ3) is 4.20. The van der Waals surface area contributed by atoms with Gasteiger partial charge in [-0.15, -0.1) is 0 Å². The summed E-state index contributed by atoms with van der Waals surface area (Å²) in [6.45, 7) is 4.64. The van der Waals surface area contributed by atoms with Crippen LogP contribution in [0.4, 0.5) is 15.8 Å². The van der Waals surface area contributed by atoms with Gasteiger partial charge >= 0.3 is 0 Å². The molecule has 1 aromatic carbocycles. The Hall–Kier alpha value is -1.10. The molecule has 5 heteroatoms. The maximum absolute atomic E-state index is 13.8. The van der Waals surface area contributed by atoms with Crippen LogP contribution in [0.25, 0.3) is 0 Å². The molecule has 3 nitrogen and oxygen atoms in total. The van der Waals surface area contributed by atoms with Crippen LogP contribution >= 0.6 is 11.8 Å². The Morgan fingerprint density at radius 2 is 2.10 bits per heavy atom. The molecule has 0 amide bonds. The van der Waals surface area contributed by atoms with Crippen LogP contribution in [0.1, 0.15) is 26.7 Å². The van der Waals surface area contributed by atoms with Crippen molar-refractivity contribution >= 4 is 23.1 Å². The Bertz CT molecular complexity index is 429. The average molecular weight is 300 g/mol. The minimum atomic E-state index is -0.397. The molecule has 1 unspecified atom stereocenters. The van der Waals surface area contributed by atoms with Gasteiger partial charge in [0.2, 0.25) is 0 Å². The van der Waals surface area contributed by atoms with Gasteiger partial charge < -0.3 is 15.4 Å². The van der Waals surface area contributed by atoms with Gasteiger partial charge in [-0.1, -0.05) is 13.8 Å². The maximum Gasteiger partial charge on any atom is 0.167 e. The van der Waals surface area contributed by atoms with Crippen LogP contribution in [0.3, 0.4) is 0 Å². The van der Waals surface area contributed by atoms with Gasteiger partial charge in [0, 0.05) is 31.0 Å². The fourth-order valence-corrected chi connectivity index (χ4v) is 2.92. The monoisotopic (exact) mass is 300 g/mol. The second kappa shape index (κ2) is 8.25. The number of hydrogen-bond acceptors (Lipinski definition) is 4. The van der Waals surface area contributed by atoms with E-state index in [2.05, 4.69) is 18.1 Å². The molecule has 0 radical (unpaired) electrons. The van der Waals surface area contributed by atoms with Gasteiger partial charge in [0.25, 0.3) is 0 Å². The number of rotatable bonds is 8. The number of halogens is 1. The normalized spacial score (nSPS) is 12.2. The summed E-state index contributed by atoms with van der Waals surface area (Å²) in [6, 6.07) is 3.43. The van der Waals surface area contributed by atoms with Crippen LogP contribution in [0, 0.1) is 5.82 Å². The Morgan fingerprint density at radius 3 is 2.65 bits per heavy atom. The fraction of sp³-hybridized carbons (Fsp3) is 0.600. The summed E-state index contributed by atoms with van der Waals surface area (Å²) < 4.78 is 19.3. The van der Waals surface area contributed by atoms with Gasteiger partial charge in [-0.05, 0) is 19.1 Å². The summed E-state index contributed by atoms with van der Waals surface area (Å²) in [5.74, 6) is 0.891. The summed E-state index contributed by atoms with van der Waals surface area (Å²) in [4.78, 5) is 2.12. The zero-order chi connectivity index (χ0) is 15.1. The van der Waals surface area contributed by atoms with E-state index in [9.17, 15) is 4.39 Å². The van der Waals surface area contributed by atoms with E-state index in [1.165, 1.54) is 6.07 Å². The molecule has 1 rings (SSSR count). The summed E-state index contributed by atoms with van der Waals surface area (Å²) in [5.41, 5.74) is 7.25. The van der Waals surface area contributed by atoms with E-state index < -0.39 is 5.82 Å². The first kappa shape index (κ1) is 17.0. The van der Waals surface area contributed by atoms with E-state index in [1.54, 1.807) is 17.8 Å². The highest BCUT2D eigenvalue weighted by Gasteiger charge is 2.18. The van der Waals surface area contributed by atoms with Crippen molar-refractivity contribution in [1.29, 1.82) is 0 Å². The molecular formula is C15H25FN2OS. The van der Waals surface area contributed by atoms with Gasteiger partial charge in [0.15, 0.2) is 11.6 Å². The molecule has 0 saturated heterocycles. The van der Waals surface area contributed by atoms with Gasteiger partial charge in [-0.2, -0.15) is 11.8 Å². The van der Waals surface area contributed by atoms with Crippen molar-refractivity contribution < 1.29 is 9.13 Å². The summed E-state index contributed by atoms with van der Waals surface area (Å²) >= 11 is 1.80.